The second-order valence-corrected chi connectivity index (χ2v) is 7.49. The Bertz CT molecular complexity index is 571. The van der Waals surface area contributed by atoms with E-state index >= 15 is 0 Å². The zero-order valence-corrected chi connectivity index (χ0v) is 15.2. The van der Waals surface area contributed by atoms with Crippen LogP contribution in [0.25, 0.3) is 0 Å². The number of amides is 1. The van der Waals surface area contributed by atoms with Crippen LogP contribution in [0.5, 0.6) is 0 Å². The molecular formula is C18H30N4O2. The van der Waals surface area contributed by atoms with Crippen molar-refractivity contribution < 1.29 is 9.53 Å². The van der Waals surface area contributed by atoms with E-state index in [1.807, 2.05) is 23.4 Å². The maximum Gasteiger partial charge on any atom is 0.248 e. The van der Waals surface area contributed by atoms with Crippen molar-refractivity contribution in [3.05, 3.63) is 11.6 Å². The number of likely N-dealkylation sites (tertiary alicyclic amines) is 1. The second-order valence-electron chi connectivity index (χ2n) is 7.49. The highest BCUT2D eigenvalue weighted by Crippen LogP contribution is 2.26. The van der Waals surface area contributed by atoms with Crippen LogP contribution in [0, 0.1) is 19.8 Å². The van der Waals surface area contributed by atoms with E-state index in [1.54, 1.807) is 0 Å². The lowest BCUT2D eigenvalue weighted by atomic mass is 9.89. The third kappa shape index (κ3) is 4.15. The van der Waals surface area contributed by atoms with Crippen molar-refractivity contribution in [2.45, 2.75) is 71.4 Å². The van der Waals surface area contributed by atoms with Gasteiger partial charge in [-0.15, -0.1) is 0 Å². The molecule has 6 heteroatoms. The summed E-state index contributed by atoms with van der Waals surface area (Å²) in [5.74, 6) is 2.56. The highest BCUT2D eigenvalue weighted by atomic mass is 16.5. The monoisotopic (exact) mass is 334 g/mol. The van der Waals surface area contributed by atoms with Gasteiger partial charge in [-0.2, -0.15) is 5.10 Å². The smallest absolute Gasteiger partial charge is 0.248 e. The van der Waals surface area contributed by atoms with Gasteiger partial charge in [-0.3, -0.25) is 4.79 Å². The molecule has 24 heavy (non-hydrogen) atoms. The summed E-state index contributed by atoms with van der Waals surface area (Å²) in [6.45, 7) is 7.93. The van der Waals surface area contributed by atoms with Crippen molar-refractivity contribution in [3.8, 4) is 0 Å². The first kappa shape index (κ1) is 17.4. The van der Waals surface area contributed by atoms with Gasteiger partial charge in [0.15, 0.2) is 0 Å². The van der Waals surface area contributed by atoms with Gasteiger partial charge in [0, 0.05) is 13.1 Å². The van der Waals surface area contributed by atoms with Crippen LogP contribution in [0.15, 0.2) is 0 Å². The fourth-order valence-electron chi connectivity index (χ4n) is 4.07. The van der Waals surface area contributed by atoms with Gasteiger partial charge in [0.2, 0.25) is 5.91 Å². The lowest BCUT2D eigenvalue weighted by molar-refractivity contribution is -0.140. The normalized spacial score (nSPS) is 28.1. The van der Waals surface area contributed by atoms with Gasteiger partial charge in [-0.1, -0.05) is 19.8 Å². The van der Waals surface area contributed by atoms with Gasteiger partial charge in [0.05, 0.1) is 12.1 Å². The third-order valence-electron chi connectivity index (χ3n) is 5.33. The molecule has 0 aromatic carbocycles. The van der Waals surface area contributed by atoms with Crippen LogP contribution < -0.4 is 0 Å². The van der Waals surface area contributed by atoms with Crippen LogP contribution in [0.4, 0.5) is 0 Å². The molecule has 0 N–H and O–H groups in total. The van der Waals surface area contributed by atoms with E-state index in [2.05, 4.69) is 17.0 Å². The van der Waals surface area contributed by atoms with Crippen molar-refractivity contribution in [1.29, 1.82) is 0 Å². The summed E-state index contributed by atoms with van der Waals surface area (Å²) in [6, 6.07) is 0.235. The molecule has 2 heterocycles. The number of hydrogen-bond donors (Lipinski definition) is 0. The molecule has 134 valence electrons. The number of aryl methyl sites for hydroxylation is 2. The summed E-state index contributed by atoms with van der Waals surface area (Å²) in [7, 11) is 0. The summed E-state index contributed by atoms with van der Waals surface area (Å²) in [4.78, 5) is 18.9. The number of ether oxygens (including phenoxy) is 1. The first-order valence-corrected chi connectivity index (χ1v) is 9.32. The summed E-state index contributed by atoms with van der Waals surface area (Å²) >= 11 is 0. The molecule has 3 rings (SSSR count). The fourth-order valence-corrected chi connectivity index (χ4v) is 4.07. The van der Waals surface area contributed by atoms with Crippen molar-refractivity contribution in [2.75, 3.05) is 19.7 Å². The van der Waals surface area contributed by atoms with Gasteiger partial charge in [0.1, 0.15) is 18.3 Å². The quantitative estimate of drug-likeness (QED) is 0.849. The highest BCUT2D eigenvalue weighted by Gasteiger charge is 2.27. The summed E-state index contributed by atoms with van der Waals surface area (Å²) in [6.07, 6.45) is 7.02. The van der Waals surface area contributed by atoms with Crippen LogP contribution in [-0.2, 0) is 9.53 Å². The predicted octanol–water partition coefficient (Wildman–Crippen LogP) is 2.65. The van der Waals surface area contributed by atoms with Crippen LogP contribution in [0.1, 0.15) is 63.1 Å². The van der Waals surface area contributed by atoms with E-state index in [-0.39, 0.29) is 24.7 Å². The Morgan fingerprint density at radius 2 is 2.08 bits per heavy atom. The van der Waals surface area contributed by atoms with Crippen LogP contribution in [-0.4, -0.2) is 51.4 Å². The number of piperidine rings is 1. The minimum atomic E-state index is 0.118. The van der Waals surface area contributed by atoms with Crippen molar-refractivity contribution in [2.24, 2.45) is 5.92 Å². The molecule has 1 aliphatic carbocycles. The predicted molar refractivity (Wildman–Crippen MR) is 91.7 cm³/mol. The molecule has 0 spiro atoms. The van der Waals surface area contributed by atoms with Gasteiger partial charge in [0.25, 0.3) is 0 Å². The van der Waals surface area contributed by atoms with E-state index in [0.29, 0.717) is 6.54 Å². The molecule has 1 aromatic heterocycles. The van der Waals surface area contributed by atoms with Gasteiger partial charge < -0.3 is 9.64 Å². The Morgan fingerprint density at radius 3 is 2.79 bits per heavy atom. The van der Waals surface area contributed by atoms with E-state index in [9.17, 15) is 4.79 Å². The number of rotatable bonds is 4. The number of hydrogen-bond acceptors (Lipinski definition) is 4. The molecule has 0 bridgehead atoms. The number of carbonyl (C=O) groups is 1. The molecule has 1 amide bonds. The average Bonchev–Trinajstić information content (AvgIpc) is 2.91. The average molecular weight is 334 g/mol. The minimum Gasteiger partial charge on any atom is -0.368 e. The molecular weight excluding hydrogens is 304 g/mol. The standard InChI is InChI=1S/C18H30N4O2/c1-13-6-4-8-17(10-13)24-12-18(23)21-9-5-7-16(11-21)22-15(3)19-14(2)20-22/h13,16-17H,4-12H2,1-3H3/t13-,16+,17-/m0/s1. The Kier molecular flexibility index (Phi) is 5.54. The highest BCUT2D eigenvalue weighted by molar-refractivity contribution is 5.77. The molecule has 2 fully saturated rings. The van der Waals surface area contributed by atoms with E-state index in [1.165, 1.54) is 12.8 Å². The van der Waals surface area contributed by atoms with Crippen molar-refractivity contribution >= 4 is 5.91 Å². The van der Waals surface area contributed by atoms with Crippen molar-refractivity contribution in [3.63, 3.8) is 0 Å². The molecule has 0 radical (unpaired) electrons. The Labute approximate surface area is 144 Å². The van der Waals surface area contributed by atoms with Crippen LogP contribution in [0.2, 0.25) is 0 Å². The number of nitrogens with zero attached hydrogens (tertiary/aromatic N) is 4. The molecule has 1 aromatic rings. The minimum absolute atomic E-state index is 0.118. The summed E-state index contributed by atoms with van der Waals surface area (Å²) in [5, 5.41) is 4.49. The van der Waals surface area contributed by atoms with Gasteiger partial charge in [-0.05, 0) is 45.4 Å². The molecule has 6 nitrogen and oxygen atoms in total. The van der Waals surface area contributed by atoms with E-state index in [4.69, 9.17) is 4.74 Å². The zero-order valence-electron chi connectivity index (χ0n) is 15.2. The van der Waals surface area contributed by atoms with Gasteiger partial charge >= 0.3 is 0 Å². The topological polar surface area (TPSA) is 60.2 Å². The zero-order chi connectivity index (χ0) is 17.1. The second kappa shape index (κ2) is 7.64. The SMILES string of the molecule is Cc1nc(C)n([C@@H]2CCCN(C(=O)CO[C@H]3CCC[C@H](C)C3)C2)n1. The first-order valence-electron chi connectivity index (χ1n) is 9.32. The fraction of sp³-hybridized carbons (Fsp3) is 0.833. The maximum atomic E-state index is 12.5. The summed E-state index contributed by atoms with van der Waals surface area (Å²) in [5.41, 5.74) is 0. The molecule has 3 atom stereocenters. The number of aromatic nitrogens is 3. The molecule has 1 saturated heterocycles. The molecule has 0 unspecified atom stereocenters. The lowest BCUT2D eigenvalue weighted by Gasteiger charge is -2.34. The Hall–Kier alpha value is -1.43. The molecule has 1 aliphatic heterocycles. The van der Waals surface area contributed by atoms with Crippen molar-refractivity contribution in [1.82, 2.24) is 19.7 Å². The summed E-state index contributed by atoms with van der Waals surface area (Å²) < 4.78 is 7.90. The van der Waals surface area contributed by atoms with E-state index < -0.39 is 0 Å². The third-order valence-corrected chi connectivity index (χ3v) is 5.33. The maximum absolute atomic E-state index is 12.5. The molecule has 2 aliphatic rings. The molecule has 1 saturated carbocycles. The lowest BCUT2D eigenvalue weighted by Crippen LogP contribution is -2.43. The number of carbonyl (C=O) groups excluding carboxylic acids is 1. The van der Waals surface area contributed by atoms with Crippen LogP contribution >= 0.6 is 0 Å². The van der Waals surface area contributed by atoms with E-state index in [0.717, 1.165) is 49.8 Å². The largest absolute Gasteiger partial charge is 0.368 e. The van der Waals surface area contributed by atoms with Crippen LogP contribution in [0.3, 0.4) is 0 Å². The Balaban J connectivity index is 1.52. The van der Waals surface area contributed by atoms with Gasteiger partial charge in [-0.25, -0.2) is 9.67 Å². The Morgan fingerprint density at radius 1 is 1.25 bits per heavy atom. The first-order chi connectivity index (χ1) is 11.5.